The summed E-state index contributed by atoms with van der Waals surface area (Å²) in [6.07, 6.45) is 6.09. The smallest absolute Gasteiger partial charge is 0.122 e. The largest absolute Gasteiger partial charge is 0.337 e. The zero-order valence-corrected chi connectivity index (χ0v) is 11.6. The standard InChI is InChI=1S/C13H26N4/c1-5-13(6-2,10-14)11-16(3)9-12-15-7-8-17(12)4/h7-8H,5-6,9-11,14H2,1-4H3. The van der Waals surface area contributed by atoms with Crippen LogP contribution < -0.4 is 5.73 Å². The Morgan fingerprint density at radius 3 is 2.47 bits per heavy atom. The van der Waals surface area contributed by atoms with Gasteiger partial charge in [0.2, 0.25) is 0 Å². The van der Waals surface area contributed by atoms with E-state index in [9.17, 15) is 0 Å². The molecular formula is C13H26N4. The van der Waals surface area contributed by atoms with Crippen LogP contribution in [0.1, 0.15) is 32.5 Å². The summed E-state index contributed by atoms with van der Waals surface area (Å²) in [5, 5.41) is 0. The van der Waals surface area contributed by atoms with E-state index in [-0.39, 0.29) is 5.41 Å². The molecule has 1 aromatic heterocycles. The fourth-order valence-corrected chi connectivity index (χ4v) is 2.25. The minimum Gasteiger partial charge on any atom is -0.337 e. The molecule has 17 heavy (non-hydrogen) atoms. The summed E-state index contributed by atoms with van der Waals surface area (Å²) in [6, 6.07) is 0. The second kappa shape index (κ2) is 6.17. The van der Waals surface area contributed by atoms with Gasteiger partial charge in [0.1, 0.15) is 5.82 Å². The molecule has 0 atom stereocenters. The molecule has 0 aliphatic carbocycles. The SMILES string of the molecule is CCC(CC)(CN)CN(C)Cc1nccn1C. The van der Waals surface area contributed by atoms with Gasteiger partial charge in [-0.15, -0.1) is 0 Å². The van der Waals surface area contributed by atoms with Crippen molar-refractivity contribution in [2.75, 3.05) is 20.1 Å². The zero-order valence-electron chi connectivity index (χ0n) is 11.6. The number of nitrogens with zero attached hydrogens (tertiary/aromatic N) is 3. The lowest BCUT2D eigenvalue weighted by atomic mass is 9.82. The van der Waals surface area contributed by atoms with Gasteiger partial charge in [0, 0.05) is 26.0 Å². The number of hydrogen-bond donors (Lipinski definition) is 1. The highest BCUT2D eigenvalue weighted by atomic mass is 15.2. The maximum absolute atomic E-state index is 5.93. The average Bonchev–Trinajstić information content (AvgIpc) is 2.72. The molecule has 0 fully saturated rings. The van der Waals surface area contributed by atoms with Gasteiger partial charge in [-0.1, -0.05) is 13.8 Å². The van der Waals surface area contributed by atoms with E-state index in [4.69, 9.17) is 5.73 Å². The molecule has 0 bridgehead atoms. The Labute approximate surface area is 105 Å². The summed E-state index contributed by atoms with van der Waals surface area (Å²) < 4.78 is 2.07. The van der Waals surface area contributed by atoms with Gasteiger partial charge in [-0.25, -0.2) is 4.98 Å². The Bertz CT molecular complexity index is 320. The first kappa shape index (κ1) is 14.2. The summed E-state index contributed by atoms with van der Waals surface area (Å²) in [7, 11) is 4.18. The highest BCUT2D eigenvalue weighted by Gasteiger charge is 2.26. The minimum absolute atomic E-state index is 0.250. The van der Waals surface area contributed by atoms with E-state index in [1.165, 1.54) is 0 Å². The van der Waals surface area contributed by atoms with Gasteiger partial charge in [0.15, 0.2) is 0 Å². The van der Waals surface area contributed by atoms with Crippen LogP contribution in [0, 0.1) is 5.41 Å². The molecule has 0 unspecified atom stereocenters. The molecule has 0 spiro atoms. The lowest BCUT2D eigenvalue weighted by molar-refractivity contribution is 0.159. The fraction of sp³-hybridized carbons (Fsp3) is 0.769. The summed E-state index contributed by atoms with van der Waals surface area (Å²) >= 11 is 0. The number of aryl methyl sites for hydroxylation is 1. The van der Waals surface area contributed by atoms with E-state index in [2.05, 4.69) is 35.3 Å². The summed E-state index contributed by atoms with van der Waals surface area (Å²) in [5.41, 5.74) is 6.18. The van der Waals surface area contributed by atoms with E-state index in [1.807, 2.05) is 19.4 Å². The molecule has 1 aromatic rings. The molecule has 0 aliphatic rings. The molecule has 0 saturated carbocycles. The third-order valence-corrected chi connectivity index (χ3v) is 3.87. The quantitative estimate of drug-likeness (QED) is 0.785. The van der Waals surface area contributed by atoms with Gasteiger partial charge >= 0.3 is 0 Å². The van der Waals surface area contributed by atoms with Crippen molar-refractivity contribution >= 4 is 0 Å². The molecule has 4 nitrogen and oxygen atoms in total. The molecule has 0 aromatic carbocycles. The molecule has 2 N–H and O–H groups in total. The molecule has 1 heterocycles. The van der Waals surface area contributed by atoms with Crippen LogP contribution in [0.5, 0.6) is 0 Å². The van der Waals surface area contributed by atoms with E-state index < -0.39 is 0 Å². The summed E-state index contributed by atoms with van der Waals surface area (Å²) in [6.45, 7) is 7.12. The number of nitrogens with two attached hydrogens (primary N) is 1. The second-order valence-corrected chi connectivity index (χ2v) is 5.04. The Morgan fingerprint density at radius 2 is 2.06 bits per heavy atom. The fourth-order valence-electron chi connectivity index (χ4n) is 2.25. The Morgan fingerprint density at radius 1 is 1.41 bits per heavy atom. The summed E-state index contributed by atoms with van der Waals surface area (Å²) in [4.78, 5) is 6.67. The van der Waals surface area contributed by atoms with Crippen molar-refractivity contribution in [3.63, 3.8) is 0 Å². The lowest BCUT2D eigenvalue weighted by Gasteiger charge is -2.34. The Hall–Kier alpha value is -0.870. The first-order chi connectivity index (χ1) is 8.06. The zero-order chi connectivity index (χ0) is 12.9. The predicted octanol–water partition coefficient (Wildman–Crippen LogP) is 1.62. The number of aromatic nitrogens is 2. The number of imidazole rings is 1. The predicted molar refractivity (Wildman–Crippen MR) is 71.6 cm³/mol. The number of rotatable bonds is 7. The first-order valence-electron chi connectivity index (χ1n) is 6.41. The van der Waals surface area contributed by atoms with E-state index >= 15 is 0 Å². The van der Waals surface area contributed by atoms with Crippen LogP contribution in [0.2, 0.25) is 0 Å². The van der Waals surface area contributed by atoms with Crippen molar-refractivity contribution in [2.45, 2.75) is 33.2 Å². The first-order valence-corrected chi connectivity index (χ1v) is 6.41. The molecule has 0 radical (unpaired) electrons. The molecule has 4 heteroatoms. The molecule has 1 rings (SSSR count). The average molecular weight is 238 g/mol. The van der Waals surface area contributed by atoms with Crippen LogP contribution in [0.3, 0.4) is 0 Å². The van der Waals surface area contributed by atoms with E-state index in [0.717, 1.165) is 38.3 Å². The monoisotopic (exact) mass is 238 g/mol. The van der Waals surface area contributed by atoms with Crippen LogP contribution in [0.15, 0.2) is 12.4 Å². The van der Waals surface area contributed by atoms with Crippen LogP contribution >= 0.6 is 0 Å². The maximum Gasteiger partial charge on any atom is 0.122 e. The highest BCUT2D eigenvalue weighted by Crippen LogP contribution is 2.26. The van der Waals surface area contributed by atoms with E-state index in [0.29, 0.717) is 0 Å². The highest BCUT2D eigenvalue weighted by molar-refractivity contribution is 4.91. The summed E-state index contributed by atoms with van der Waals surface area (Å²) in [5.74, 6) is 1.10. The van der Waals surface area contributed by atoms with Crippen molar-refractivity contribution < 1.29 is 0 Å². The van der Waals surface area contributed by atoms with Crippen LogP contribution in [-0.2, 0) is 13.6 Å². The van der Waals surface area contributed by atoms with Gasteiger partial charge in [-0.2, -0.15) is 0 Å². The van der Waals surface area contributed by atoms with Crippen molar-refractivity contribution in [3.05, 3.63) is 18.2 Å². The lowest BCUT2D eigenvalue weighted by Crippen LogP contribution is -2.40. The molecule has 0 aliphatic heterocycles. The molecule has 0 amide bonds. The van der Waals surface area contributed by atoms with Crippen molar-refractivity contribution in [1.29, 1.82) is 0 Å². The second-order valence-electron chi connectivity index (χ2n) is 5.04. The Kier molecular flexibility index (Phi) is 5.15. The van der Waals surface area contributed by atoms with E-state index in [1.54, 1.807) is 0 Å². The van der Waals surface area contributed by atoms with Gasteiger partial charge < -0.3 is 10.3 Å². The minimum atomic E-state index is 0.250. The maximum atomic E-state index is 5.93. The third kappa shape index (κ3) is 3.54. The van der Waals surface area contributed by atoms with Crippen LogP contribution in [0.4, 0.5) is 0 Å². The topological polar surface area (TPSA) is 47.1 Å². The van der Waals surface area contributed by atoms with Gasteiger partial charge in [-0.05, 0) is 31.8 Å². The van der Waals surface area contributed by atoms with Crippen molar-refractivity contribution in [2.24, 2.45) is 18.2 Å². The molecule has 98 valence electrons. The van der Waals surface area contributed by atoms with Crippen LogP contribution in [0.25, 0.3) is 0 Å². The third-order valence-electron chi connectivity index (χ3n) is 3.87. The molecular weight excluding hydrogens is 212 g/mol. The van der Waals surface area contributed by atoms with Crippen LogP contribution in [-0.4, -0.2) is 34.6 Å². The Balaban J connectivity index is 2.59. The number of hydrogen-bond acceptors (Lipinski definition) is 3. The van der Waals surface area contributed by atoms with Crippen molar-refractivity contribution in [1.82, 2.24) is 14.5 Å². The van der Waals surface area contributed by atoms with Gasteiger partial charge in [0.25, 0.3) is 0 Å². The van der Waals surface area contributed by atoms with Gasteiger partial charge in [-0.3, -0.25) is 4.90 Å². The van der Waals surface area contributed by atoms with Gasteiger partial charge in [0.05, 0.1) is 6.54 Å². The molecule has 0 saturated heterocycles. The van der Waals surface area contributed by atoms with Crippen molar-refractivity contribution in [3.8, 4) is 0 Å². The normalized spacial score (nSPS) is 12.4.